The first-order chi connectivity index (χ1) is 11.9. The SMILES string of the molecule is Cc1ccc(-c2ccc(-n3cc(NC(N)=O)c(C(N)=O)n3)cc2)cc1. The largest absolute Gasteiger partial charge is 0.364 e. The second-order valence-corrected chi connectivity index (χ2v) is 5.60. The van der Waals surface area contributed by atoms with Crippen molar-refractivity contribution < 1.29 is 9.59 Å². The predicted octanol–water partition coefficient (Wildman–Crippen LogP) is 2.44. The van der Waals surface area contributed by atoms with E-state index in [4.69, 9.17) is 11.5 Å². The van der Waals surface area contributed by atoms with Gasteiger partial charge in [-0.05, 0) is 30.2 Å². The standard InChI is InChI=1S/C18H17N5O2/c1-11-2-4-12(5-3-11)13-6-8-14(9-7-13)23-10-15(21-18(20)25)16(22-23)17(19)24/h2-10H,1H3,(H2,19,24)(H3,20,21,25). The predicted molar refractivity (Wildman–Crippen MR) is 95.5 cm³/mol. The van der Waals surface area contributed by atoms with E-state index in [9.17, 15) is 9.59 Å². The number of nitrogens with two attached hydrogens (primary N) is 2. The summed E-state index contributed by atoms with van der Waals surface area (Å²) in [7, 11) is 0. The number of nitrogens with zero attached hydrogens (tertiary/aromatic N) is 2. The molecule has 0 unspecified atom stereocenters. The van der Waals surface area contributed by atoms with Gasteiger partial charge in [0.1, 0.15) is 0 Å². The van der Waals surface area contributed by atoms with Crippen LogP contribution in [0.3, 0.4) is 0 Å². The lowest BCUT2D eigenvalue weighted by Gasteiger charge is -2.05. The Kier molecular flexibility index (Phi) is 4.21. The Bertz CT molecular complexity index is 927. The molecule has 0 aliphatic carbocycles. The van der Waals surface area contributed by atoms with Gasteiger partial charge >= 0.3 is 6.03 Å². The topological polar surface area (TPSA) is 116 Å². The van der Waals surface area contributed by atoms with Gasteiger partial charge in [0.25, 0.3) is 5.91 Å². The lowest BCUT2D eigenvalue weighted by molar-refractivity contribution is 0.0996. The minimum Gasteiger partial charge on any atom is -0.364 e. The third-order valence-electron chi connectivity index (χ3n) is 3.72. The number of urea groups is 1. The molecule has 0 atom stereocenters. The van der Waals surface area contributed by atoms with E-state index in [-0.39, 0.29) is 11.4 Å². The lowest BCUT2D eigenvalue weighted by Crippen LogP contribution is -2.22. The number of amides is 3. The van der Waals surface area contributed by atoms with Gasteiger partial charge in [0, 0.05) is 0 Å². The van der Waals surface area contributed by atoms with Gasteiger partial charge in [0.05, 0.1) is 17.6 Å². The minimum absolute atomic E-state index is 0.0542. The Labute approximate surface area is 144 Å². The van der Waals surface area contributed by atoms with E-state index in [1.54, 1.807) is 0 Å². The van der Waals surface area contributed by atoms with Crippen LogP contribution in [0.25, 0.3) is 16.8 Å². The maximum atomic E-state index is 11.5. The molecule has 0 radical (unpaired) electrons. The summed E-state index contributed by atoms with van der Waals surface area (Å²) in [5.41, 5.74) is 14.6. The van der Waals surface area contributed by atoms with E-state index in [1.807, 2.05) is 31.2 Å². The Morgan fingerprint density at radius 2 is 1.52 bits per heavy atom. The smallest absolute Gasteiger partial charge is 0.316 e. The molecule has 0 spiro atoms. The molecule has 1 heterocycles. The van der Waals surface area contributed by atoms with Gasteiger partial charge < -0.3 is 16.8 Å². The van der Waals surface area contributed by atoms with Crippen LogP contribution in [0.15, 0.2) is 54.7 Å². The molecule has 126 valence electrons. The molecule has 3 amide bonds. The molecule has 0 fully saturated rings. The Hall–Kier alpha value is -3.61. The highest BCUT2D eigenvalue weighted by atomic mass is 16.2. The zero-order valence-corrected chi connectivity index (χ0v) is 13.6. The first-order valence-electron chi connectivity index (χ1n) is 7.57. The highest BCUT2D eigenvalue weighted by Gasteiger charge is 2.16. The van der Waals surface area contributed by atoms with Crippen molar-refractivity contribution in [3.05, 3.63) is 66.0 Å². The van der Waals surface area contributed by atoms with Gasteiger partial charge in [-0.15, -0.1) is 0 Å². The third kappa shape index (κ3) is 3.50. The van der Waals surface area contributed by atoms with Crippen molar-refractivity contribution in [2.75, 3.05) is 5.32 Å². The highest BCUT2D eigenvalue weighted by Crippen LogP contribution is 2.23. The molecule has 2 aromatic carbocycles. The van der Waals surface area contributed by atoms with Crippen LogP contribution in [0, 0.1) is 6.92 Å². The average molecular weight is 335 g/mol. The molecule has 7 nitrogen and oxygen atoms in total. The lowest BCUT2D eigenvalue weighted by atomic mass is 10.0. The number of anilines is 1. The van der Waals surface area contributed by atoms with E-state index >= 15 is 0 Å². The molecule has 5 N–H and O–H groups in total. The normalized spacial score (nSPS) is 10.4. The molecule has 1 aromatic heterocycles. The van der Waals surface area contributed by atoms with Crippen molar-refractivity contribution in [2.45, 2.75) is 6.92 Å². The van der Waals surface area contributed by atoms with Crippen LogP contribution in [0.1, 0.15) is 16.1 Å². The zero-order valence-electron chi connectivity index (χ0n) is 13.6. The van der Waals surface area contributed by atoms with E-state index in [2.05, 4.69) is 34.7 Å². The molecule has 7 heteroatoms. The summed E-state index contributed by atoms with van der Waals surface area (Å²) in [5.74, 6) is -0.751. The number of hydrogen-bond donors (Lipinski definition) is 3. The van der Waals surface area contributed by atoms with Crippen LogP contribution >= 0.6 is 0 Å². The van der Waals surface area contributed by atoms with E-state index in [0.717, 1.165) is 16.8 Å². The number of benzene rings is 2. The molecule has 0 aliphatic rings. The molecule has 0 bridgehead atoms. The van der Waals surface area contributed by atoms with Gasteiger partial charge in [-0.3, -0.25) is 4.79 Å². The van der Waals surface area contributed by atoms with Crippen molar-refractivity contribution in [2.24, 2.45) is 11.5 Å². The highest BCUT2D eigenvalue weighted by molar-refractivity contribution is 6.00. The molecule has 0 saturated carbocycles. The van der Waals surface area contributed by atoms with Crippen LogP contribution in [0.5, 0.6) is 0 Å². The average Bonchev–Trinajstić information content (AvgIpc) is 2.99. The summed E-state index contributed by atoms with van der Waals surface area (Å²) >= 11 is 0. The number of aromatic nitrogens is 2. The number of carbonyl (C=O) groups excluding carboxylic acids is 2. The maximum Gasteiger partial charge on any atom is 0.316 e. The molecule has 3 aromatic rings. The van der Waals surface area contributed by atoms with Crippen molar-refractivity contribution in [1.82, 2.24) is 9.78 Å². The minimum atomic E-state index is -0.795. The summed E-state index contributed by atoms with van der Waals surface area (Å²) in [6.07, 6.45) is 1.49. The van der Waals surface area contributed by atoms with Gasteiger partial charge in [-0.2, -0.15) is 5.10 Å². The number of aryl methyl sites for hydroxylation is 1. The Balaban J connectivity index is 1.93. The number of carbonyl (C=O) groups is 2. The first-order valence-corrected chi connectivity index (χ1v) is 7.57. The van der Waals surface area contributed by atoms with Gasteiger partial charge in [0.15, 0.2) is 5.69 Å². The Morgan fingerprint density at radius 1 is 0.960 bits per heavy atom. The summed E-state index contributed by atoms with van der Waals surface area (Å²) in [4.78, 5) is 22.5. The summed E-state index contributed by atoms with van der Waals surface area (Å²) in [6, 6.07) is 15.0. The van der Waals surface area contributed by atoms with Crippen LogP contribution in [-0.4, -0.2) is 21.7 Å². The second-order valence-electron chi connectivity index (χ2n) is 5.60. The fourth-order valence-electron chi connectivity index (χ4n) is 2.47. The van der Waals surface area contributed by atoms with E-state index in [0.29, 0.717) is 0 Å². The summed E-state index contributed by atoms with van der Waals surface area (Å²) < 4.78 is 1.46. The number of hydrogen-bond acceptors (Lipinski definition) is 3. The van der Waals surface area contributed by atoms with Crippen LogP contribution < -0.4 is 16.8 Å². The zero-order chi connectivity index (χ0) is 18.0. The summed E-state index contributed by atoms with van der Waals surface area (Å²) in [5, 5.41) is 6.46. The quantitative estimate of drug-likeness (QED) is 0.680. The summed E-state index contributed by atoms with van der Waals surface area (Å²) in [6.45, 7) is 2.04. The van der Waals surface area contributed by atoms with Crippen LogP contribution in [0.2, 0.25) is 0 Å². The third-order valence-corrected chi connectivity index (χ3v) is 3.72. The van der Waals surface area contributed by atoms with Crippen molar-refractivity contribution in [3.8, 4) is 16.8 Å². The van der Waals surface area contributed by atoms with Gasteiger partial charge in [0.2, 0.25) is 0 Å². The number of rotatable bonds is 4. The monoisotopic (exact) mass is 335 g/mol. The fourth-order valence-corrected chi connectivity index (χ4v) is 2.47. The van der Waals surface area contributed by atoms with Gasteiger partial charge in [-0.25, -0.2) is 9.48 Å². The molecular formula is C18H17N5O2. The first kappa shape index (κ1) is 16.3. The fraction of sp³-hybridized carbons (Fsp3) is 0.0556. The number of primary amides is 2. The number of nitrogens with one attached hydrogen (secondary N) is 1. The van der Waals surface area contributed by atoms with Gasteiger partial charge in [-0.1, -0.05) is 42.0 Å². The van der Waals surface area contributed by atoms with E-state index in [1.165, 1.54) is 16.4 Å². The van der Waals surface area contributed by atoms with Crippen molar-refractivity contribution in [3.63, 3.8) is 0 Å². The van der Waals surface area contributed by atoms with Crippen molar-refractivity contribution in [1.29, 1.82) is 0 Å². The molecule has 3 rings (SSSR count). The van der Waals surface area contributed by atoms with Crippen molar-refractivity contribution >= 4 is 17.6 Å². The van der Waals surface area contributed by atoms with Crippen LogP contribution in [-0.2, 0) is 0 Å². The molecule has 25 heavy (non-hydrogen) atoms. The molecule has 0 saturated heterocycles. The van der Waals surface area contributed by atoms with Crippen LogP contribution in [0.4, 0.5) is 10.5 Å². The second kappa shape index (κ2) is 6.48. The van der Waals surface area contributed by atoms with E-state index < -0.39 is 11.9 Å². The maximum absolute atomic E-state index is 11.5. The molecular weight excluding hydrogens is 318 g/mol. The molecule has 0 aliphatic heterocycles. The Morgan fingerprint density at radius 3 is 2.04 bits per heavy atom.